The van der Waals surface area contributed by atoms with E-state index in [2.05, 4.69) is 32.0 Å². The van der Waals surface area contributed by atoms with E-state index in [0.29, 0.717) is 11.8 Å². The lowest BCUT2D eigenvalue weighted by atomic mass is 9.55. The Hall–Kier alpha value is -0.900. The Balaban J connectivity index is 1.73. The number of aliphatic hydroxyl groups excluding tert-OH is 2. The highest BCUT2D eigenvalue weighted by atomic mass is 16.5. The predicted octanol–water partition coefficient (Wildman–Crippen LogP) is 2.81. The number of fused-ring (bicyclic) bond motifs is 5. The summed E-state index contributed by atoms with van der Waals surface area (Å²) in [7, 11) is 1.67. The zero-order valence-corrected chi connectivity index (χ0v) is 14.3. The molecule has 4 rings (SSSR count). The normalized spacial score (nSPS) is 45.3. The summed E-state index contributed by atoms with van der Waals surface area (Å²) in [5, 5.41) is 21.3. The average molecular weight is 316 g/mol. The van der Waals surface area contributed by atoms with Crippen molar-refractivity contribution in [3.05, 3.63) is 34.9 Å². The van der Waals surface area contributed by atoms with Crippen molar-refractivity contribution < 1.29 is 14.9 Å². The number of ether oxygens (including phenoxy) is 1. The Kier molecular flexibility index (Phi) is 3.60. The summed E-state index contributed by atoms with van der Waals surface area (Å²) in [6, 6.07) is 6.85. The molecule has 126 valence electrons. The fourth-order valence-electron chi connectivity index (χ4n) is 6.15. The summed E-state index contributed by atoms with van der Waals surface area (Å²) in [6.45, 7) is 4.37. The van der Waals surface area contributed by atoms with Gasteiger partial charge in [0, 0.05) is 12.5 Å². The number of hydrogen-bond donors (Lipinski definition) is 2. The van der Waals surface area contributed by atoms with Crippen molar-refractivity contribution >= 4 is 0 Å². The SMILES string of the molecule is CO[C@H]1[C@@H](O)C(O)C2C3CCc4cc(C)ccc4C3CC[C@@]21C. The molecule has 4 unspecified atom stereocenters. The third kappa shape index (κ3) is 2.06. The van der Waals surface area contributed by atoms with Crippen LogP contribution in [0, 0.1) is 24.2 Å². The standard InChI is InChI=1S/C20H28O3/c1-11-4-6-13-12(10-11)5-7-15-14(13)8-9-20(2)16(15)17(21)18(22)19(20)23-3/h4,6,10,14-19,21-22H,5,7-9H2,1-3H3/t14?,15?,16?,17?,18-,19-,20-/m0/s1. The number of aliphatic hydroxyl groups is 2. The van der Waals surface area contributed by atoms with Crippen LogP contribution in [0.2, 0.25) is 0 Å². The highest BCUT2D eigenvalue weighted by Gasteiger charge is 2.62. The highest BCUT2D eigenvalue weighted by molar-refractivity contribution is 5.38. The van der Waals surface area contributed by atoms with Gasteiger partial charge in [0.15, 0.2) is 0 Å². The van der Waals surface area contributed by atoms with Crippen molar-refractivity contribution in [2.45, 2.75) is 63.8 Å². The molecule has 3 heteroatoms. The molecule has 3 aliphatic rings. The van der Waals surface area contributed by atoms with Crippen LogP contribution in [0.15, 0.2) is 18.2 Å². The van der Waals surface area contributed by atoms with Gasteiger partial charge < -0.3 is 14.9 Å². The molecule has 3 aliphatic carbocycles. The van der Waals surface area contributed by atoms with Crippen molar-refractivity contribution in [3.8, 4) is 0 Å². The van der Waals surface area contributed by atoms with E-state index in [9.17, 15) is 10.2 Å². The summed E-state index contributed by atoms with van der Waals surface area (Å²) < 4.78 is 5.62. The molecule has 23 heavy (non-hydrogen) atoms. The van der Waals surface area contributed by atoms with E-state index in [-0.39, 0.29) is 17.4 Å². The van der Waals surface area contributed by atoms with Crippen LogP contribution < -0.4 is 0 Å². The summed E-state index contributed by atoms with van der Waals surface area (Å²) in [5.41, 5.74) is 4.19. The second kappa shape index (κ2) is 5.30. The quantitative estimate of drug-likeness (QED) is 0.837. The minimum atomic E-state index is -0.756. The van der Waals surface area contributed by atoms with Gasteiger partial charge in [-0.3, -0.25) is 0 Å². The lowest BCUT2D eigenvalue weighted by molar-refractivity contribution is -0.0746. The van der Waals surface area contributed by atoms with E-state index in [1.807, 2.05) is 0 Å². The third-order valence-electron chi connectivity index (χ3n) is 7.11. The van der Waals surface area contributed by atoms with Gasteiger partial charge >= 0.3 is 0 Å². The van der Waals surface area contributed by atoms with Crippen LogP contribution in [-0.4, -0.2) is 35.6 Å². The molecule has 0 radical (unpaired) electrons. The van der Waals surface area contributed by atoms with Gasteiger partial charge in [-0.05, 0) is 61.5 Å². The van der Waals surface area contributed by atoms with Gasteiger partial charge in [-0.2, -0.15) is 0 Å². The van der Waals surface area contributed by atoms with Crippen LogP contribution in [0.5, 0.6) is 0 Å². The minimum absolute atomic E-state index is 0.114. The van der Waals surface area contributed by atoms with Crippen molar-refractivity contribution in [1.29, 1.82) is 0 Å². The van der Waals surface area contributed by atoms with Crippen LogP contribution >= 0.6 is 0 Å². The molecule has 0 saturated heterocycles. The number of rotatable bonds is 1. The van der Waals surface area contributed by atoms with E-state index in [0.717, 1.165) is 25.7 Å². The second-order valence-corrected chi connectivity index (χ2v) is 8.22. The van der Waals surface area contributed by atoms with Gasteiger partial charge in [0.25, 0.3) is 0 Å². The van der Waals surface area contributed by atoms with Crippen molar-refractivity contribution in [1.82, 2.24) is 0 Å². The van der Waals surface area contributed by atoms with Gasteiger partial charge in [-0.1, -0.05) is 30.7 Å². The molecular formula is C20H28O3. The van der Waals surface area contributed by atoms with E-state index in [4.69, 9.17) is 4.74 Å². The van der Waals surface area contributed by atoms with E-state index < -0.39 is 12.2 Å². The highest BCUT2D eigenvalue weighted by Crippen LogP contribution is 2.61. The van der Waals surface area contributed by atoms with Crippen LogP contribution in [0.25, 0.3) is 0 Å². The van der Waals surface area contributed by atoms with Gasteiger partial charge in [0.05, 0.1) is 12.2 Å². The molecule has 2 saturated carbocycles. The molecule has 3 nitrogen and oxygen atoms in total. The summed E-state index contributed by atoms with van der Waals surface area (Å²) in [4.78, 5) is 0. The topological polar surface area (TPSA) is 49.7 Å². The van der Waals surface area contributed by atoms with Crippen LogP contribution in [0.1, 0.15) is 48.8 Å². The molecule has 2 N–H and O–H groups in total. The monoisotopic (exact) mass is 316 g/mol. The smallest absolute Gasteiger partial charge is 0.107 e. The Morgan fingerprint density at radius 1 is 1.17 bits per heavy atom. The lowest BCUT2D eigenvalue weighted by Crippen LogP contribution is -2.46. The van der Waals surface area contributed by atoms with E-state index in [1.54, 1.807) is 7.11 Å². The van der Waals surface area contributed by atoms with Crippen molar-refractivity contribution in [3.63, 3.8) is 0 Å². The minimum Gasteiger partial charge on any atom is -0.390 e. The molecule has 1 aromatic carbocycles. The van der Waals surface area contributed by atoms with Gasteiger partial charge in [-0.25, -0.2) is 0 Å². The Morgan fingerprint density at radius 3 is 2.70 bits per heavy atom. The molecule has 1 aromatic rings. The fraction of sp³-hybridized carbons (Fsp3) is 0.700. The number of hydrogen-bond acceptors (Lipinski definition) is 3. The molecule has 0 spiro atoms. The first-order valence-electron chi connectivity index (χ1n) is 8.95. The molecule has 0 aliphatic heterocycles. The maximum Gasteiger partial charge on any atom is 0.107 e. The number of aryl methyl sites for hydroxylation is 2. The van der Waals surface area contributed by atoms with Gasteiger partial charge in [0.2, 0.25) is 0 Å². The molecule has 2 fully saturated rings. The molecule has 0 bridgehead atoms. The zero-order chi connectivity index (χ0) is 16.4. The fourth-order valence-corrected chi connectivity index (χ4v) is 6.15. The van der Waals surface area contributed by atoms with E-state index in [1.165, 1.54) is 16.7 Å². The third-order valence-corrected chi connectivity index (χ3v) is 7.11. The molecule has 0 aromatic heterocycles. The average Bonchev–Trinajstić information content (AvgIpc) is 2.73. The van der Waals surface area contributed by atoms with Crippen LogP contribution in [0.4, 0.5) is 0 Å². The van der Waals surface area contributed by atoms with E-state index >= 15 is 0 Å². The predicted molar refractivity (Wildman–Crippen MR) is 89.4 cm³/mol. The molecular weight excluding hydrogens is 288 g/mol. The van der Waals surface area contributed by atoms with Gasteiger partial charge in [-0.15, -0.1) is 0 Å². The van der Waals surface area contributed by atoms with Crippen molar-refractivity contribution in [2.24, 2.45) is 17.3 Å². The number of methoxy groups -OCH3 is 1. The first-order chi connectivity index (χ1) is 11.0. The second-order valence-electron chi connectivity index (χ2n) is 8.22. The maximum atomic E-state index is 10.8. The van der Waals surface area contributed by atoms with Crippen LogP contribution in [-0.2, 0) is 11.2 Å². The Labute approximate surface area is 138 Å². The van der Waals surface area contributed by atoms with Crippen LogP contribution in [0.3, 0.4) is 0 Å². The summed E-state index contributed by atoms with van der Waals surface area (Å²) >= 11 is 0. The lowest BCUT2D eigenvalue weighted by Gasteiger charge is -2.50. The summed E-state index contributed by atoms with van der Waals surface area (Å²) in [5.74, 6) is 1.11. The number of benzene rings is 1. The first-order valence-corrected chi connectivity index (χ1v) is 8.95. The zero-order valence-electron chi connectivity index (χ0n) is 14.3. The largest absolute Gasteiger partial charge is 0.390 e. The molecule has 7 atom stereocenters. The maximum absolute atomic E-state index is 10.8. The molecule has 0 heterocycles. The van der Waals surface area contributed by atoms with Crippen molar-refractivity contribution in [2.75, 3.05) is 7.11 Å². The van der Waals surface area contributed by atoms with Gasteiger partial charge in [0.1, 0.15) is 6.10 Å². The first kappa shape index (κ1) is 15.6. The Bertz CT molecular complexity index is 613. The summed E-state index contributed by atoms with van der Waals surface area (Å²) in [6.07, 6.45) is 2.68. The Morgan fingerprint density at radius 2 is 1.96 bits per heavy atom. The molecule has 0 amide bonds.